The molecule has 10 nitrogen and oxygen atoms in total. The van der Waals surface area contributed by atoms with Gasteiger partial charge >= 0.3 is 5.97 Å². The van der Waals surface area contributed by atoms with Crippen molar-refractivity contribution in [1.29, 1.82) is 0 Å². The fraction of sp³-hybridized carbons (Fsp3) is 0.391. The predicted octanol–water partition coefficient (Wildman–Crippen LogP) is 2.42. The van der Waals surface area contributed by atoms with Gasteiger partial charge in [0.25, 0.3) is 11.8 Å². The molecule has 0 atom stereocenters. The Morgan fingerprint density at radius 1 is 1.12 bits per heavy atom. The molecule has 0 radical (unpaired) electrons. The molecule has 3 N–H and O–H groups in total. The van der Waals surface area contributed by atoms with Crippen LogP contribution in [0, 0.1) is 13.8 Å². The molecule has 1 heterocycles. The van der Waals surface area contributed by atoms with E-state index in [-0.39, 0.29) is 42.1 Å². The second-order valence-corrected chi connectivity index (χ2v) is 8.56. The van der Waals surface area contributed by atoms with Gasteiger partial charge in [0.2, 0.25) is 5.91 Å². The van der Waals surface area contributed by atoms with E-state index in [9.17, 15) is 19.2 Å². The third kappa shape index (κ3) is 6.70. The zero-order chi connectivity index (χ0) is 25.4. The molecule has 0 unspecified atom stereocenters. The summed E-state index contributed by atoms with van der Waals surface area (Å²) in [4.78, 5) is 50.9. The maximum atomic E-state index is 12.7. The highest BCUT2D eigenvalue weighted by Crippen LogP contribution is 2.34. The summed E-state index contributed by atoms with van der Waals surface area (Å²) >= 11 is 1.00. The third-order valence-corrected chi connectivity index (χ3v) is 5.95. The van der Waals surface area contributed by atoms with Gasteiger partial charge in [-0.2, -0.15) is 0 Å². The number of nitrogens with one attached hydrogen (secondary N) is 3. The number of benzene rings is 1. The lowest BCUT2D eigenvalue weighted by Gasteiger charge is -2.15. The second-order valence-electron chi connectivity index (χ2n) is 7.54. The highest BCUT2D eigenvalue weighted by atomic mass is 32.1. The zero-order valence-electron chi connectivity index (χ0n) is 20.2. The minimum absolute atomic E-state index is 0.142. The number of nitrogens with zero attached hydrogens (tertiary/aromatic N) is 1. The van der Waals surface area contributed by atoms with Gasteiger partial charge < -0.3 is 30.3 Å². The van der Waals surface area contributed by atoms with Gasteiger partial charge in [0.15, 0.2) is 6.61 Å². The van der Waals surface area contributed by atoms with E-state index in [2.05, 4.69) is 16.0 Å². The maximum absolute atomic E-state index is 12.7. The summed E-state index contributed by atoms with van der Waals surface area (Å²) in [5.41, 5.74) is 2.05. The molecule has 0 fully saturated rings. The van der Waals surface area contributed by atoms with E-state index in [1.54, 1.807) is 40.1 Å². The monoisotopic (exact) mass is 490 g/mol. The molecule has 0 saturated carbocycles. The average Bonchev–Trinajstić information content (AvgIpc) is 3.11. The standard InChI is InChI=1S/C23H30N4O6S/c1-7-32-23(31)19-14(3)20(21(30)24-4)34-22(19)26-17(28)11-25-15-9-8-13(2)10-16(15)33-12-18(29)27(5)6/h8-10,25H,7,11-12H2,1-6H3,(H,24,30)(H,26,28). The van der Waals surface area contributed by atoms with Crippen molar-refractivity contribution in [3.63, 3.8) is 0 Å². The van der Waals surface area contributed by atoms with Crippen LogP contribution in [0.5, 0.6) is 5.75 Å². The van der Waals surface area contributed by atoms with E-state index in [0.717, 1.165) is 16.9 Å². The fourth-order valence-corrected chi connectivity index (χ4v) is 4.05. The zero-order valence-corrected chi connectivity index (χ0v) is 21.0. The van der Waals surface area contributed by atoms with Crippen LogP contribution < -0.4 is 20.7 Å². The van der Waals surface area contributed by atoms with E-state index in [4.69, 9.17) is 9.47 Å². The number of rotatable bonds is 10. The topological polar surface area (TPSA) is 126 Å². The van der Waals surface area contributed by atoms with Crippen molar-refractivity contribution in [3.8, 4) is 5.75 Å². The molecule has 1 aromatic heterocycles. The van der Waals surface area contributed by atoms with Crippen molar-refractivity contribution < 1.29 is 28.7 Å². The van der Waals surface area contributed by atoms with Crippen LogP contribution in [0.25, 0.3) is 0 Å². The van der Waals surface area contributed by atoms with Gasteiger partial charge in [0, 0.05) is 21.1 Å². The van der Waals surface area contributed by atoms with Crippen LogP contribution in [-0.2, 0) is 14.3 Å². The largest absolute Gasteiger partial charge is 0.482 e. The quantitative estimate of drug-likeness (QED) is 0.437. The fourth-order valence-electron chi connectivity index (χ4n) is 2.89. The molecule has 0 aliphatic carbocycles. The number of thiophene rings is 1. The summed E-state index contributed by atoms with van der Waals surface area (Å²) < 4.78 is 10.7. The van der Waals surface area contributed by atoms with Crippen LogP contribution in [0.15, 0.2) is 18.2 Å². The minimum Gasteiger partial charge on any atom is -0.482 e. The Balaban J connectivity index is 2.17. The van der Waals surface area contributed by atoms with Crippen LogP contribution in [0.2, 0.25) is 0 Å². The number of carbonyl (C=O) groups is 4. The van der Waals surface area contributed by atoms with E-state index in [1.807, 2.05) is 13.0 Å². The van der Waals surface area contributed by atoms with Gasteiger partial charge in [-0.1, -0.05) is 6.07 Å². The third-order valence-electron chi connectivity index (χ3n) is 4.74. The molecule has 34 heavy (non-hydrogen) atoms. The molecule has 2 aromatic rings. The van der Waals surface area contributed by atoms with Crippen LogP contribution in [0.1, 0.15) is 38.1 Å². The lowest BCUT2D eigenvalue weighted by molar-refractivity contribution is -0.130. The Hall–Kier alpha value is -3.60. The van der Waals surface area contributed by atoms with Crippen molar-refractivity contribution in [1.82, 2.24) is 10.2 Å². The molecule has 0 saturated heterocycles. The maximum Gasteiger partial charge on any atom is 0.341 e. The van der Waals surface area contributed by atoms with E-state index in [0.29, 0.717) is 21.9 Å². The minimum atomic E-state index is -0.616. The number of hydrogen-bond acceptors (Lipinski definition) is 8. The average molecular weight is 491 g/mol. The molecule has 0 aliphatic rings. The molecule has 1 aromatic carbocycles. The number of ether oxygens (including phenoxy) is 2. The molecule has 0 aliphatic heterocycles. The SMILES string of the molecule is CCOC(=O)c1c(NC(=O)CNc2ccc(C)cc2OCC(=O)N(C)C)sc(C(=O)NC)c1C. The van der Waals surface area contributed by atoms with Gasteiger partial charge in [-0.05, 0) is 44.0 Å². The van der Waals surface area contributed by atoms with Crippen LogP contribution in [0.3, 0.4) is 0 Å². The first-order valence-corrected chi connectivity index (χ1v) is 11.4. The summed E-state index contributed by atoms with van der Waals surface area (Å²) in [7, 11) is 4.76. The first-order valence-electron chi connectivity index (χ1n) is 10.6. The van der Waals surface area contributed by atoms with Gasteiger partial charge in [-0.25, -0.2) is 4.79 Å². The summed E-state index contributed by atoms with van der Waals surface area (Å²) in [6, 6.07) is 5.36. The van der Waals surface area contributed by atoms with Crippen LogP contribution in [0.4, 0.5) is 10.7 Å². The highest BCUT2D eigenvalue weighted by Gasteiger charge is 2.26. The Bertz CT molecular complexity index is 1080. The Morgan fingerprint density at radius 2 is 1.82 bits per heavy atom. The second kappa shape index (κ2) is 12.0. The molecule has 3 amide bonds. The number of carbonyl (C=O) groups excluding carboxylic acids is 4. The Labute approximate surface area is 202 Å². The van der Waals surface area contributed by atoms with Gasteiger partial charge in [0.1, 0.15) is 10.8 Å². The Morgan fingerprint density at radius 3 is 2.44 bits per heavy atom. The van der Waals surface area contributed by atoms with Crippen molar-refractivity contribution >= 4 is 45.7 Å². The smallest absolute Gasteiger partial charge is 0.341 e. The highest BCUT2D eigenvalue weighted by molar-refractivity contribution is 7.18. The number of hydrogen-bond donors (Lipinski definition) is 3. The number of anilines is 2. The summed E-state index contributed by atoms with van der Waals surface area (Å²) in [5.74, 6) is -1.18. The van der Waals surface area contributed by atoms with Gasteiger partial charge in [0.05, 0.1) is 29.3 Å². The molecule has 11 heteroatoms. The Kier molecular flexibility index (Phi) is 9.43. The van der Waals surface area contributed by atoms with Gasteiger partial charge in [-0.15, -0.1) is 11.3 Å². The molecule has 184 valence electrons. The molecular formula is C23H30N4O6S. The van der Waals surface area contributed by atoms with E-state index in [1.165, 1.54) is 11.9 Å². The molecule has 2 rings (SSSR count). The molecular weight excluding hydrogens is 460 g/mol. The van der Waals surface area contributed by atoms with Crippen LogP contribution >= 0.6 is 11.3 Å². The predicted molar refractivity (Wildman–Crippen MR) is 131 cm³/mol. The first-order chi connectivity index (χ1) is 16.1. The number of aryl methyl sites for hydroxylation is 1. The van der Waals surface area contributed by atoms with Crippen molar-refractivity contribution in [3.05, 3.63) is 39.8 Å². The molecule has 0 bridgehead atoms. The lowest BCUT2D eigenvalue weighted by Crippen LogP contribution is -2.28. The summed E-state index contributed by atoms with van der Waals surface area (Å²) in [6.07, 6.45) is 0. The number of amides is 3. The van der Waals surface area contributed by atoms with Crippen molar-refractivity contribution in [2.24, 2.45) is 0 Å². The molecule has 0 spiro atoms. The van der Waals surface area contributed by atoms with Gasteiger partial charge in [-0.3, -0.25) is 14.4 Å². The van der Waals surface area contributed by atoms with Crippen LogP contribution in [-0.4, -0.2) is 69.5 Å². The lowest BCUT2D eigenvalue weighted by atomic mass is 10.1. The van der Waals surface area contributed by atoms with E-state index >= 15 is 0 Å². The van der Waals surface area contributed by atoms with Crippen molar-refractivity contribution in [2.75, 3.05) is 51.5 Å². The normalized spacial score (nSPS) is 10.3. The number of likely N-dealkylation sites (N-methyl/N-ethyl adjacent to an activating group) is 1. The summed E-state index contributed by atoms with van der Waals surface area (Å²) in [5, 5.41) is 8.44. The van der Waals surface area contributed by atoms with E-state index < -0.39 is 11.9 Å². The van der Waals surface area contributed by atoms with Crippen molar-refractivity contribution in [2.45, 2.75) is 20.8 Å². The summed E-state index contributed by atoms with van der Waals surface area (Å²) in [6.45, 7) is 5.07. The first kappa shape index (κ1) is 26.7. The number of esters is 1.